The van der Waals surface area contributed by atoms with Gasteiger partial charge in [0, 0.05) is 5.56 Å². The third-order valence-corrected chi connectivity index (χ3v) is 5.45. The van der Waals surface area contributed by atoms with E-state index in [0.29, 0.717) is 16.7 Å². The van der Waals surface area contributed by atoms with Crippen molar-refractivity contribution >= 4 is 0 Å². The summed E-state index contributed by atoms with van der Waals surface area (Å²) in [5.74, 6) is -1.57. The lowest BCUT2D eigenvalue weighted by Gasteiger charge is -2.45. The number of nitrogens with zero attached hydrogens (tertiary/aromatic N) is 1. The molecule has 0 radical (unpaired) electrons. The highest BCUT2D eigenvalue weighted by atomic mass is 16.7. The van der Waals surface area contributed by atoms with Crippen LogP contribution in [0.3, 0.4) is 0 Å². The molecule has 0 amide bonds. The summed E-state index contributed by atoms with van der Waals surface area (Å²) in [4.78, 5) is 0. The molecule has 3 N–H and O–H groups in total. The van der Waals surface area contributed by atoms with Gasteiger partial charge in [0.1, 0.15) is 18.3 Å². The first kappa shape index (κ1) is 18.1. The first-order valence-corrected chi connectivity index (χ1v) is 8.88. The van der Waals surface area contributed by atoms with E-state index in [4.69, 9.17) is 9.47 Å². The van der Waals surface area contributed by atoms with Crippen LogP contribution in [0, 0.1) is 18.3 Å². The second-order valence-corrected chi connectivity index (χ2v) is 7.24. The summed E-state index contributed by atoms with van der Waals surface area (Å²) in [5, 5.41) is 40.5. The molecular formula is C21H21NO5. The predicted molar refractivity (Wildman–Crippen MR) is 96.4 cm³/mol. The maximum Gasteiger partial charge on any atom is 0.225 e. The van der Waals surface area contributed by atoms with Crippen molar-refractivity contribution < 1.29 is 24.8 Å². The minimum Gasteiger partial charge on any atom is -0.388 e. The van der Waals surface area contributed by atoms with Gasteiger partial charge in [-0.25, -0.2) is 0 Å². The van der Waals surface area contributed by atoms with Gasteiger partial charge in [-0.15, -0.1) is 0 Å². The van der Waals surface area contributed by atoms with Crippen molar-refractivity contribution in [2.75, 3.05) is 0 Å². The van der Waals surface area contributed by atoms with Crippen molar-refractivity contribution in [1.29, 1.82) is 5.26 Å². The fourth-order valence-electron chi connectivity index (χ4n) is 3.86. The second-order valence-electron chi connectivity index (χ2n) is 7.24. The molecule has 0 bridgehead atoms. The molecule has 1 spiro atoms. The number of aliphatic hydroxyl groups is 3. The highest BCUT2D eigenvalue weighted by Gasteiger charge is 2.57. The average Bonchev–Trinajstić information content (AvgIpc) is 3.03. The smallest absolute Gasteiger partial charge is 0.225 e. The van der Waals surface area contributed by atoms with Crippen LogP contribution in [0.2, 0.25) is 0 Å². The maximum atomic E-state index is 10.7. The first-order valence-electron chi connectivity index (χ1n) is 8.88. The van der Waals surface area contributed by atoms with Crippen LogP contribution < -0.4 is 0 Å². The summed E-state index contributed by atoms with van der Waals surface area (Å²) in [6.07, 6.45) is -4.80. The van der Waals surface area contributed by atoms with Crippen LogP contribution >= 0.6 is 0 Å². The van der Waals surface area contributed by atoms with Crippen molar-refractivity contribution in [3.63, 3.8) is 0 Å². The zero-order chi connectivity index (χ0) is 19.3. The van der Waals surface area contributed by atoms with Crippen molar-refractivity contribution in [2.45, 2.75) is 50.7 Å². The summed E-state index contributed by atoms with van der Waals surface area (Å²) in [6, 6.07) is 13.5. The van der Waals surface area contributed by atoms with E-state index in [0.717, 1.165) is 16.7 Å². The number of rotatable bonds is 1. The molecule has 27 heavy (non-hydrogen) atoms. The number of fused-ring (bicyclic) bond motifs is 2. The van der Waals surface area contributed by atoms with E-state index in [2.05, 4.69) is 6.07 Å². The molecule has 2 aliphatic heterocycles. The lowest BCUT2D eigenvalue weighted by molar-refractivity contribution is -0.362. The van der Waals surface area contributed by atoms with Crippen LogP contribution in [0.15, 0.2) is 36.4 Å². The van der Waals surface area contributed by atoms with Crippen LogP contribution in [0.25, 0.3) is 11.1 Å². The number of ether oxygens (including phenoxy) is 2. The van der Waals surface area contributed by atoms with Crippen LogP contribution in [-0.4, -0.2) is 39.7 Å². The predicted octanol–water partition coefficient (Wildman–Crippen LogP) is 1.72. The zero-order valence-electron chi connectivity index (χ0n) is 15.1. The quantitative estimate of drug-likeness (QED) is 0.709. The van der Waals surface area contributed by atoms with E-state index in [1.54, 1.807) is 19.1 Å². The van der Waals surface area contributed by atoms with Gasteiger partial charge in [0.2, 0.25) is 5.79 Å². The number of nitriles is 1. The molecule has 140 valence electrons. The highest BCUT2D eigenvalue weighted by molar-refractivity contribution is 5.73. The molecule has 5 atom stereocenters. The standard InChI is InChI=1S/C21H21NO5/c1-11-3-5-13(6-4-11)16-8-17-15(7-14(16)9-22)10-26-21(17)20(25)19(24)18(23)12(2)27-21/h3-8,12,18-20,23-25H,10H2,1-2H3/t12-,18-,19+,20-,21+/m1/s1. The fourth-order valence-corrected chi connectivity index (χ4v) is 3.86. The summed E-state index contributed by atoms with van der Waals surface area (Å²) in [5.41, 5.74) is 4.46. The summed E-state index contributed by atoms with van der Waals surface area (Å²) in [7, 11) is 0. The molecule has 1 saturated heterocycles. The van der Waals surface area contributed by atoms with E-state index in [9.17, 15) is 20.6 Å². The van der Waals surface area contributed by atoms with Crippen LogP contribution in [0.1, 0.15) is 29.2 Å². The molecule has 0 saturated carbocycles. The number of hydrogen-bond donors (Lipinski definition) is 3. The van der Waals surface area contributed by atoms with E-state index in [1.165, 1.54) is 0 Å². The van der Waals surface area contributed by atoms with Gasteiger partial charge >= 0.3 is 0 Å². The molecule has 1 fully saturated rings. The number of aliphatic hydroxyl groups excluding tert-OH is 3. The lowest BCUT2D eigenvalue weighted by atomic mass is 9.85. The minimum atomic E-state index is -1.57. The van der Waals surface area contributed by atoms with Gasteiger partial charge in [-0.05, 0) is 42.7 Å². The normalized spacial score (nSPS) is 32.3. The summed E-state index contributed by atoms with van der Waals surface area (Å²) < 4.78 is 11.7. The van der Waals surface area contributed by atoms with E-state index in [-0.39, 0.29) is 6.61 Å². The van der Waals surface area contributed by atoms with Crippen molar-refractivity contribution in [3.8, 4) is 17.2 Å². The molecule has 6 nitrogen and oxygen atoms in total. The topological polar surface area (TPSA) is 103 Å². The van der Waals surface area contributed by atoms with Gasteiger partial charge in [-0.1, -0.05) is 29.8 Å². The van der Waals surface area contributed by atoms with E-state index < -0.39 is 30.2 Å². The molecule has 2 heterocycles. The maximum absolute atomic E-state index is 10.7. The Hall–Kier alpha value is -2.27. The van der Waals surface area contributed by atoms with E-state index in [1.807, 2.05) is 31.2 Å². The molecule has 2 aromatic rings. The summed E-state index contributed by atoms with van der Waals surface area (Å²) in [6.45, 7) is 3.75. The Balaban J connectivity index is 1.87. The van der Waals surface area contributed by atoms with Gasteiger partial charge in [-0.3, -0.25) is 0 Å². The second kappa shape index (κ2) is 6.41. The SMILES string of the molecule is Cc1ccc(-c2cc3c(cc2C#N)CO[C@]32O[C@H](C)[C@@H](O)[C@H](O)[C@H]2O)cc1. The van der Waals surface area contributed by atoms with Crippen LogP contribution in [-0.2, 0) is 21.9 Å². The fraction of sp³-hybridized carbons (Fsp3) is 0.381. The number of benzene rings is 2. The molecule has 0 unspecified atom stereocenters. The Morgan fingerprint density at radius 1 is 1.11 bits per heavy atom. The zero-order valence-corrected chi connectivity index (χ0v) is 15.1. The van der Waals surface area contributed by atoms with Gasteiger partial charge in [0.15, 0.2) is 0 Å². The average molecular weight is 367 g/mol. The Morgan fingerprint density at radius 3 is 2.48 bits per heavy atom. The van der Waals surface area contributed by atoms with Crippen molar-refractivity contribution in [2.24, 2.45) is 0 Å². The molecule has 2 aliphatic rings. The largest absolute Gasteiger partial charge is 0.388 e. The van der Waals surface area contributed by atoms with Crippen LogP contribution in [0.5, 0.6) is 0 Å². The van der Waals surface area contributed by atoms with Crippen LogP contribution in [0.4, 0.5) is 0 Å². The molecule has 0 aromatic heterocycles. The summed E-state index contributed by atoms with van der Waals surface area (Å²) >= 11 is 0. The molecule has 2 aromatic carbocycles. The van der Waals surface area contributed by atoms with E-state index >= 15 is 0 Å². The highest BCUT2D eigenvalue weighted by Crippen LogP contribution is 2.47. The van der Waals surface area contributed by atoms with Crippen molar-refractivity contribution in [3.05, 3.63) is 58.7 Å². The van der Waals surface area contributed by atoms with Crippen molar-refractivity contribution in [1.82, 2.24) is 0 Å². The monoisotopic (exact) mass is 367 g/mol. The van der Waals surface area contributed by atoms with Gasteiger partial charge in [-0.2, -0.15) is 5.26 Å². The number of aryl methyl sites for hydroxylation is 1. The number of hydrogen-bond acceptors (Lipinski definition) is 6. The van der Waals surface area contributed by atoms with Gasteiger partial charge in [0.25, 0.3) is 0 Å². The Labute approximate surface area is 157 Å². The lowest BCUT2D eigenvalue weighted by Crippen LogP contribution is -2.61. The first-order chi connectivity index (χ1) is 12.9. The Morgan fingerprint density at radius 2 is 1.81 bits per heavy atom. The Kier molecular flexibility index (Phi) is 4.30. The molecule has 6 heteroatoms. The van der Waals surface area contributed by atoms with Gasteiger partial charge in [0.05, 0.1) is 24.3 Å². The minimum absolute atomic E-state index is 0.144. The third kappa shape index (κ3) is 2.67. The van der Waals surface area contributed by atoms with Gasteiger partial charge < -0.3 is 24.8 Å². The third-order valence-electron chi connectivity index (χ3n) is 5.45. The molecular weight excluding hydrogens is 346 g/mol. The molecule has 0 aliphatic carbocycles. The Bertz CT molecular complexity index is 919. The molecule has 4 rings (SSSR count).